The quantitative estimate of drug-likeness (QED) is 0.0331. The summed E-state index contributed by atoms with van der Waals surface area (Å²) in [5.41, 5.74) is 18.2. The molecule has 8 heterocycles. The predicted molar refractivity (Wildman–Crippen MR) is 546 cm³/mol. The third kappa shape index (κ3) is 21.4. The number of alkyl halides is 3. The van der Waals surface area contributed by atoms with Crippen molar-refractivity contribution >= 4 is 131 Å². The van der Waals surface area contributed by atoms with Crippen molar-refractivity contribution in [2.45, 2.75) is 285 Å². The van der Waals surface area contributed by atoms with E-state index in [9.17, 15) is 42.3 Å². The zero-order valence-electron chi connectivity index (χ0n) is 85.0. The number of carbonyl (C=O) groups excluding carboxylic acids is 5. The Morgan fingerprint density at radius 3 is 0.979 bits per heavy atom. The highest BCUT2D eigenvalue weighted by Crippen LogP contribution is 2.56. The monoisotopic (exact) mass is 1910 g/mol. The number of rotatable bonds is 22. The van der Waals surface area contributed by atoms with Crippen molar-refractivity contribution in [1.29, 1.82) is 0 Å². The zero-order valence-corrected chi connectivity index (χ0v) is 85.0. The van der Waals surface area contributed by atoms with Gasteiger partial charge in [-0.25, -0.2) is 39.0 Å². The SMILES string of the molecule is C=C(Nc1nc2ccc(C)cc2n1C1CCC1)[C@H]1CC1(C)C.Cc1ccc2nc(NC(=O)C(C)(C)C(F)(F)F)n(C3CCC3)c2c1.Cc1ccc2nc(NC(=O)[C@@H](C)C(C)C)n(-c3cc(C)no3)c2c1.Cc1ccc2nc(NC(=O)[C@H](C)C(C)C)n(C3CCC3)c2c1.Cc1ccc2nc(NC(=O)[C@H]3CC3(C)C)n(-c3cc(C)no3)c2c1.Cc1ccc2nc(NC(=O)[C@H]3C[C@@H]3C(C)(C)O)n(C3CCC3)c2c1. The highest BCUT2D eigenvalue weighted by atomic mass is 19.4. The molecule has 0 aliphatic heterocycles. The molecule has 0 bridgehead atoms. The number of halogens is 3. The fourth-order valence-corrected chi connectivity index (χ4v) is 18.4. The maximum absolute atomic E-state index is 13.1. The van der Waals surface area contributed by atoms with Gasteiger partial charge >= 0.3 is 6.18 Å². The van der Waals surface area contributed by atoms with Gasteiger partial charge in [0, 0.05) is 71.6 Å². The number of allylic oxidation sites excluding steroid dienone is 1. The molecular weight excluding hydrogens is 1770 g/mol. The number of nitrogens with zero attached hydrogens (tertiary/aromatic N) is 14. The van der Waals surface area contributed by atoms with Crippen LogP contribution >= 0.6 is 0 Å². The molecule has 7 fully saturated rings. The van der Waals surface area contributed by atoms with Gasteiger partial charge in [-0.3, -0.25) is 50.6 Å². The lowest BCUT2D eigenvalue weighted by Crippen LogP contribution is -2.43. The van der Waals surface area contributed by atoms with Gasteiger partial charge in [0.25, 0.3) is 0 Å². The molecule has 742 valence electrons. The molecule has 0 radical (unpaired) electrons. The lowest BCUT2D eigenvalue weighted by Gasteiger charge is -2.30. The van der Waals surface area contributed by atoms with Gasteiger partial charge in [-0.1, -0.05) is 123 Å². The Kier molecular flexibility index (Phi) is 28.2. The van der Waals surface area contributed by atoms with E-state index in [0.717, 1.165) is 154 Å². The molecule has 7 aliphatic rings. The molecular formula is C109H137F3N20O8. The van der Waals surface area contributed by atoms with Crippen molar-refractivity contribution in [3.63, 3.8) is 0 Å². The van der Waals surface area contributed by atoms with Crippen molar-refractivity contribution in [3.8, 4) is 11.8 Å². The normalized spacial score (nSPS) is 18.6. The summed E-state index contributed by atoms with van der Waals surface area (Å²) in [5, 5.41) is 35.9. The Labute approximate surface area is 816 Å². The first kappa shape index (κ1) is 100. The van der Waals surface area contributed by atoms with Gasteiger partial charge < -0.3 is 37.7 Å². The summed E-state index contributed by atoms with van der Waals surface area (Å²) in [6.07, 6.45) is 12.1. The van der Waals surface area contributed by atoms with E-state index in [1.807, 2.05) is 150 Å². The minimum Gasteiger partial charge on any atom is -0.390 e. The van der Waals surface area contributed by atoms with Crippen LogP contribution in [0.1, 0.15) is 262 Å². The van der Waals surface area contributed by atoms with Crippen molar-refractivity contribution in [1.82, 2.24) is 67.6 Å². The van der Waals surface area contributed by atoms with Crippen LogP contribution in [0.5, 0.6) is 0 Å². The number of hydrogen-bond acceptors (Lipinski definition) is 17. The molecule has 0 spiro atoms. The number of imidazole rings is 6. The predicted octanol–water partition coefficient (Wildman–Crippen LogP) is 24.8. The van der Waals surface area contributed by atoms with E-state index in [1.165, 1.54) is 73.6 Å². The molecule has 7 saturated carbocycles. The molecule has 0 unspecified atom stereocenters. The number of hydrogen-bond donors (Lipinski definition) is 7. The molecule has 14 aromatic rings. The summed E-state index contributed by atoms with van der Waals surface area (Å²) in [7, 11) is 0. The number of aryl methyl sites for hydroxylation is 8. The minimum absolute atomic E-state index is 0.00418. The molecule has 6 aromatic carbocycles. The summed E-state index contributed by atoms with van der Waals surface area (Å²) in [4.78, 5) is 89.9. The standard InChI is InChI=1S/C19H25N3O2.C19H25N3.C18H20N4O2.C18H22N4O2.C18H25N3O.C17H20F3N3O/c1-11-7-8-15-16(9-11)22(12-5-4-6-12)18(20-15)21-17(23)13-10-14(13)19(2,3)24;1-12-8-9-16-17(10-12)22(14-6-5-7-14)18(21-16)20-13(2)15-11-19(15,3)4;1-10-5-6-13-14(7-10)22(15-8-11(2)21-24-15)17(19-13)20-16(23)12-9-18(12,3)4;1-10(2)13(5)17(23)20-18-19-14-7-6-11(3)8-15(14)22(18)16-9-12(4)21-24-16;1-11(2)13(4)17(22)20-18-19-15-9-8-12(3)10-16(15)21(18)14-6-5-7-14;1-10-7-8-12-13(9-10)23(11-5-4-6-11)15(21-12)22-14(24)16(2,3)17(18,19)20/h7-9,12-14,24H,4-6,10H2,1-3H3,(H,20,21,23);8-10,14-15H,2,5-7,11H2,1,3-4H3,(H,20,21);5-8,12H,9H2,1-4H3,(H,19,20,23);6-10,13H,1-5H3,(H,19,20,23);8-11,13-14H,5-7H2,1-4H3,(H,19,20,22);7-9,11H,4-6H2,1-3H3,(H,21,22,24)/t13-,14-;15-;12-;2*13-;/m01101./s1. The van der Waals surface area contributed by atoms with Gasteiger partial charge in [0.2, 0.25) is 77.0 Å². The van der Waals surface area contributed by atoms with Crippen molar-refractivity contribution < 1.29 is 51.3 Å². The fourth-order valence-electron chi connectivity index (χ4n) is 18.4. The first-order valence-electron chi connectivity index (χ1n) is 49.7. The Balaban J connectivity index is 0.000000121. The second-order valence-electron chi connectivity index (χ2n) is 43.5. The van der Waals surface area contributed by atoms with E-state index in [4.69, 9.17) is 14.0 Å². The Bertz CT molecular complexity index is 6770. The molecule has 0 saturated heterocycles. The molecule has 5 amide bonds. The highest BCUT2D eigenvalue weighted by Gasteiger charge is 2.55. The van der Waals surface area contributed by atoms with E-state index >= 15 is 0 Å². The molecule has 7 N–H and O–H groups in total. The van der Waals surface area contributed by atoms with Crippen LogP contribution in [-0.4, -0.2) is 114 Å². The van der Waals surface area contributed by atoms with Crippen LogP contribution in [0, 0.1) is 119 Å². The number of aromatic nitrogens is 14. The van der Waals surface area contributed by atoms with Crippen LogP contribution in [-0.2, 0) is 24.0 Å². The topological polar surface area (TPSA) is 337 Å². The fraction of sp³-hybridized carbons (Fsp3) is 0.495. The van der Waals surface area contributed by atoms with Crippen LogP contribution < -0.4 is 31.9 Å². The van der Waals surface area contributed by atoms with Crippen LogP contribution in [0.2, 0.25) is 0 Å². The van der Waals surface area contributed by atoms with Gasteiger partial charge in [0.1, 0.15) is 5.41 Å². The zero-order chi connectivity index (χ0) is 101. The number of amides is 5. The summed E-state index contributed by atoms with van der Waals surface area (Å²) in [6, 6.07) is 41.9. The summed E-state index contributed by atoms with van der Waals surface area (Å²) in [5.74, 6) is 4.42. The van der Waals surface area contributed by atoms with Crippen molar-refractivity contribution in [2.24, 2.45) is 63.6 Å². The van der Waals surface area contributed by atoms with E-state index in [0.29, 0.717) is 76.5 Å². The second-order valence-corrected chi connectivity index (χ2v) is 43.5. The Hall–Kier alpha value is -12.8. The first-order chi connectivity index (χ1) is 66.1. The highest BCUT2D eigenvalue weighted by molar-refractivity contribution is 5.99. The molecule has 6 atom stereocenters. The molecule has 31 heteroatoms. The number of nitrogens with one attached hydrogen (secondary N) is 6. The smallest absolute Gasteiger partial charge is 0.390 e. The van der Waals surface area contributed by atoms with Gasteiger partial charge in [-0.15, -0.1) is 0 Å². The van der Waals surface area contributed by atoms with Crippen LogP contribution in [0.4, 0.5) is 48.9 Å². The maximum atomic E-state index is 13.1. The van der Waals surface area contributed by atoms with E-state index < -0.39 is 23.1 Å². The Morgan fingerprint density at radius 1 is 0.407 bits per heavy atom. The maximum Gasteiger partial charge on any atom is 0.402 e. The molecule has 28 nitrogen and oxygen atoms in total. The van der Waals surface area contributed by atoms with Crippen LogP contribution in [0.25, 0.3) is 78.0 Å². The molecule has 21 rings (SSSR count). The summed E-state index contributed by atoms with van der Waals surface area (Å²) in [6.45, 7) is 46.5. The third-order valence-electron chi connectivity index (χ3n) is 29.8. The molecule has 8 aromatic heterocycles. The number of benzene rings is 6. The second kappa shape index (κ2) is 39.4. The largest absolute Gasteiger partial charge is 0.402 e. The number of anilines is 6. The Morgan fingerprint density at radius 2 is 0.693 bits per heavy atom. The number of carbonyl (C=O) groups is 5. The van der Waals surface area contributed by atoms with E-state index in [1.54, 1.807) is 18.4 Å². The average molecular weight is 1910 g/mol. The molecule has 140 heavy (non-hydrogen) atoms. The van der Waals surface area contributed by atoms with Gasteiger partial charge in [-0.2, -0.15) is 13.2 Å². The van der Waals surface area contributed by atoms with E-state index in [-0.39, 0.29) is 76.5 Å². The number of aliphatic hydroxyl groups is 1. The van der Waals surface area contributed by atoms with Crippen molar-refractivity contribution in [2.75, 3.05) is 31.9 Å². The van der Waals surface area contributed by atoms with Gasteiger partial charge in [0.05, 0.1) is 83.2 Å². The number of fused-ring (bicyclic) bond motifs is 6. The first-order valence-corrected chi connectivity index (χ1v) is 49.7. The summed E-state index contributed by atoms with van der Waals surface area (Å²) < 4.78 is 62.4. The molecule has 7 aliphatic carbocycles. The van der Waals surface area contributed by atoms with Crippen molar-refractivity contribution in [3.05, 3.63) is 178 Å². The van der Waals surface area contributed by atoms with E-state index in [2.05, 4.69) is 192 Å². The minimum atomic E-state index is -4.62. The third-order valence-corrected chi connectivity index (χ3v) is 29.8. The summed E-state index contributed by atoms with van der Waals surface area (Å²) >= 11 is 0. The lowest BCUT2D eigenvalue weighted by molar-refractivity contribution is -0.208. The van der Waals surface area contributed by atoms with Crippen LogP contribution in [0.15, 0.2) is 143 Å². The average Bonchev–Trinajstić information content (AvgIpc) is 1.59. The van der Waals surface area contributed by atoms with Gasteiger partial charge in [-0.05, 0) is 314 Å². The van der Waals surface area contributed by atoms with Crippen LogP contribution in [0.3, 0.4) is 0 Å². The van der Waals surface area contributed by atoms with Gasteiger partial charge in [0.15, 0.2) is 0 Å². The lowest BCUT2D eigenvalue weighted by atomic mass is 9.91.